The van der Waals surface area contributed by atoms with E-state index in [1.807, 2.05) is 36.7 Å². The van der Waals surface area contributed by atoms with Gasteiger partial charge in [0.1, 0.15) is 5.15 Å². The third-order valence-corrected chi connectivity index (χ3v) is 3.58. The van der Waals surface area contributed by atoms with Crippen LogP contribution < -0.4 is 0 Å². The van der Waals surface area contributed by atoms with Gasteiger partial charge in [-0.25, -0.2) is 13.8 Å². The van der Waals surface area contributed by atoms with Crippen molar-refractivity contribution >= 4 is 22.5 Å². The number of hydrogen-bond donors (Lipinski definition) is 0. The molecule has 0 radical (unpaired) electrons. The minimum absolute atomic E-state index is 0.00844. The van der Waals surface area contributed by atoms with Crippen molar-refractivity contribution in [3.63, 3.8) is 0 Å². The monoisotopic (exact) mass is 286 g/mol. The minimum atomic E-state index is -2.45. The largest absolute Gasteiger partial charge is 0.347 e. The van der Waals surface area contributed by atoms with Gasteiger partial charge in [-0.15, -0.1) is 0 Å². The van der Waals surface area contributed by atoms with E-state index in [9.17, 15) is 8.78 Å². The fourth-order valence-corrected chi connectivity index (χ4v) is 2.66. The van der Waals surface area contributed by atoms with Crippen molar-refractivity contribution < 1.29 is 8.78 Å². The Balaban J connectivity index is 0.000000637. The van der Waals surface area contributed by atoms with Crippen LogP contribution in [0, 0.1) is 5.92 Å². The van der Waals surface area contributed by atoms with Crippen LogP contribution in [-0.2, 0) is 6.54 Å². The van der Waals surface area contributed by atoms with Crippen LogP contribution in [0.15, 0.2) is 24.5 Å². The highest BCUT2D eigenvalue weighted by Gasteiger charge is 2.45. The first-order chi connectivity index (χ1) is 9.05. The summed E-state index contributed by atoms with van der Waals surface area (Å²) >= 11 is 5.96. The molecule has 0 bridgehead atoms. The highest BCUT2D eigenvalue weighted by molar-refractivity contribution is 6.34. The van der Waals surface area contributed by atoms with Gasteiger partial charge in [0, 0.05) is 37.2 Å². The van der Waals surface area contributed by atoms with Gasteiger partial charge >= 0.3 is 0 Å². The molecule has 19 heavy (non-hydrogen) atoms. The first-order valence-electron chi connectivity index (χ1n) is 6.52. The van der Waals surface area contributed by atoms with Crippen molar-refractivity contribution in [1.29, 1.82) is 0 Å². The first-order valence-corrected chi connectivity index (χ1v) is 6.90. The van der Waals surface area contributed by atoms with E-state index in [4.69, 9.17) is 11.6 Å². The van der Waals surface area contributed by atoms with Crippen molar-refractivity contribution in [3.8, 4) is 0 Å². The minimum Gasteiger partial charge on any atom is -0.347 e. The molecule has 2 nitrogen and oxygen atoms in total. The number of fused-ring (bicyclic) bond motifs is 1. The van der Waals surface area contributed by atoms with Crippen LogP contribution in [0.5, 0.6) is 0 Å². The lowest BCUT2D eigenvalue weighted by atomic mass is 9.81. The van der Waals surface area contributed by atoms with Gasteiger partial charge in [0.25, 0.3) is 0 Å². The predicted molar refractivity (Wildman–Crippen MR) is 73.8 cm³/mol. The van der Waals surface area contributed by atoms with Crippen LogP contribution in [0.25, 0.3) is 10.9 Å². The summed E-state index contributed by atoms with van der Waals surface area (Å²) in [7, 11) is 0. The normalized spacial score (nSPS) is 17.7. The van der Waals surface area contributed by atoms with Crippen molar-refractivity contribution in [2.45, 2.75) is 39.2 Å². The molecule has 0 N–H and O–H groups in total. The van der Waals surface area contributed by atoms with Gasteiger partial charge in [0.2, 0.25) is 5.92 Å². The fourth-order valence-electron chi connectivity index (χ4n) is 2.44. The summed E-state index contributed by atoms with van der Waals surface area (Å²) < 4.78 is 27.5. The topological polar surface area (TPSA) is 17.8 Å². The molecule has 2 aromatic rings. The van der Waals surface area contributed by atoms with Crippen molar-refractivity contribution in [1.82, 2.24) is 9.55 Å². The zero-order chi connectivity index (χ0) is 14.0. The van der Waals surface area contributed by atoms with Crippen LogP contribution in [0.1, 0.15) is 26.7 Å². The molecule has 0 aromatic carbocycles. The summed E-state index contributed by atoms with van der Waals surface area (Å²) in [6.07, 6.45) is 3.50. The molecule has 0 spiro atoms. The maximum Gasteiger partial charge on any atom is 0.248 e. The number of halogens is 3. The molecule has 0 atom stereocenters. The standard InChI is InChI=1S/C12H11ClF2N2.C2H6/c13-11-9-2-4-17(10(9)1-3-16-11)7-8-5-12(14,15)6-8;1-2/h1-4,8H,5-7H2;1-2H3. The van der Waals surface area contributed by atoms with E-state index in [1.165, 1.54) is 0 Å². The Hall–Kier alpha value is -1.16. The molecule has 3 rings (SSSR count). The van der Waals surface area contributed by atoms with E-state index in [1.54, 1.807) is 6.20 Å². The lowest BCUT2D eigenvalue weighted by Gasteiger charge is -2.35. The van der Waals surface area contributed by atoms with Crippen molar-refractivity contribution in [2.24, 2.45) is 5.92 Å². The fraction of sp³-hybridized carbons (Fsp3) is 0.500. The Morgan fingerprint density at radius 2 is 2.05 bits per heavy atom. The average molecular weight is 287 g/mol. The molecule has 2 aromatic heterocycles. The van der Waals surface area contributed by atoms with Crippen LogP contribution in [-0.4, -0.2) is 15.5 Å². The summed E-state index contributed by atoms with van der Waals surface area (Å²) in [5.74, 6) is -2.39. The summed E-state index contributed by atoms with van der Waals surface area (Å²) in [5.41, 5.74) is 0.959. The molecule has 0 aliphatic heterocycles. The van der Waals surface area contributed by atoms with Crippen LogP contribution in [0.2, 0.25) is 5.15 Å². The van der Waals surface area contributed by atoms with Crippen molar-refractivity contribution in [3.05, 3.63) is 29.7 Å². The SMILES string of the molecule is CC.FC1(F)CC(Cn2ccc3c(Cl)nccc32)C1. The molecule has 5 heteroatoms. The lowest BCUT2D eigenvalue weighted by Crippen LogP contribution is -2.37. The molecular formula is C14H17ClF2N2. The number of hydrogen-bond acceptors (Lipinski definition) is 1. The van der Waals surface area contributed by atoms with E-state index < -0.39 is 5.92 Å². The van der Waals surface area contributed by atoms with E-state index in [-0.39, 0.29) is 18.8 Å². The molecule has 104 valence electrons. The second kappa shape index (κ2) is 5.45. The molecule has 2 heterocycles. The molecule has 0 saturated heterocycles. The molecule has 1 fully saturated rings. The lowest BCUT2D eigenvalue weighted by molar-refractivity contribution is -0.113. The quantitative estimate of drug-likeness (QED) is 0.728. The van der Waals surface area contributed by atoms with Gasteiger partial charge in [0.15, 0.2) is 0 Å². The molecule has 1 aliphatic rings. The first kappa shape index (κ1) is 14.3. The van der Waals surface area contributed by atoms with Gasteiger partial charge in [-0.05, 0) is 18.1 Å². The smallest absolute Gasteiger partial charge is 0.248 e. The highest BCUT2D eigenvalue weighted by atomic mass is 35.5. The van der Waals surface area contributed by atoms with E-state index in [0.717, 1.165) is 10.9 Å². The number of alkyl halides is 2. The predicted octanol–water partition coefficient (Wildman–Crippen LogP) is 4.76. The summed E-state index contributed by atoms with van der Waals surface area (Å²) in [6.45, 7) is 4.62. The van der Waals surface area contributed by atoms with Gasteiger partial charge in [-0.3, -0.25) is 0 Å². The van der Waals surface area contributed by atoms with Crippen LogP contribution in [0.4, 0.5) is 8.78 Å². The van der Waals surface area contributed by atoms with Gasteiger partial charge in [-0.1, -0.05) is 25.4 Å². The van der Waals surface area contributed by atoms with E-state index in [2.05, 4.69) is 4.98 Å². The maximum atomic E-state index is 12.8. The third-order valence-electron chi connectivity index (χ3n) is 3.28. The Kier molecular flexibility index (Phi) is 4.09. The second-order valence-corrected chi connectivity index (χ2v) is 4.99. The summed E-state index contributed by atoms with van der Waals surface area (Å²) in [6, 6.07) is 3.74. The summed E-state index contributed by atoms with van der Waals surface area (Å²) in [4.78, 5) is 3.99. The van der Waals surface area contributed by atoms with Gasteiger partial charge in [-0.2, -0.15) is 0 Å². The molecule has 0 amide bonds. The summed E-state index contributed by atoms with van der Waals surface area (Å²) in [5, 5.41) is 1.33. The Bertz CT molecular complexity index is 558. The molecular weight excluding hydrogens is 270 g/mol. The van der Waals surface area contributed by atoms with Crippen LogP contribution in [0.3, 0.4) is 0 Å². The Morgan fingerprint density at radius 3 is 2.68 bits per heavy atom. The molecule has 1 saturated carbocycles. The van der Waals surface area contributed by atoms with E-state index >= 15 is 0 Å². The van der Waals surface area contributed by atoms with Gasteiger partial charge < -0.3 is 4.57 Å². The Morgan fingerprint density at radius 1 is 1.37 bits per heavy atom. The van der Waals surface area contributed by atoms with Gasteiger partial charge in [0.05, 0.1) is 5.52 Å². The Labute approximate surface area is 116 Å². The third kappa shape index (κ3) is 2.89. The molecule has 1 aliphatic carbocycles. The zero-order valence-corrected chi connectivity index (χ0v) is 11.8. The maximum absolute atomic E-state index is 12.8. The zero-order valence-electron chi connectivity index (χ0n) is 11.0. The van der Waals surface area contributed by atoms with E-state index in [0.29, 0.717) is 11.7 Å². The highest BCUT2D eigenvalue weighted by Crippen LogP contribution is 2.43. The molecule has 0 unspecified atom stereocenters. The van der Waals surface area contributed by atoms with Crippen molar-refractivity contribution in [2.75, 3.05) is 0 Å². The number of rotatable bonds is 2. The number of aromatic nitrogens is 2. The average Bonchev–Trinajstić information content (AvgIpc) is 2.75. The number of nitrogens with zero attached hydrogens (tertiary/aromatic N) is 2. The second-order valence-electron chi connectivity index (χ2n) is 4.63. The van der Waals surface area contributed by atoms with Crippen LogP contribution >= 0.6 is 11.6 Å². The number of pyridine rings is 1.